The van der Waals surface area contributed by atoms with Crippen LogP contribution in [0.4, 0.5) is 11.4 Å². The van der Waals surface area contributed by atoms with E-state index in [4.69, 9.17) is 0 Å². The van der Waals surface area contributed by atoms with E-state index < -0.39 is 0 Å². The lowest BCUT2D eigenvalue weighted by Gasteiger charge is -2.20. The number of rotatable bonds is 6. The van der Waals surface area contributed by atoms with Gasteiger partial charge in [0, 0.05) is 11.4 Å². The molecule has 0 spiro atoms. The topological polar surface area (TPSA) is 41.1 Å². The fraction of sp³-hybridized carbons (Fsp3) is 0.350. The number of nitrogens with one attached hydrogen (secondary N) is 2. The standard InChI is InChI=1S/C20H26N2O.ClH/c1-14(2)17-11-8-12-18(15(3)4)20(17)22-19(23)13-21-16-9-6-5-7-10-16;/h5-12,14-15,21H,13H2,1-4H3,(H,22,23);1H. The fourth-order valence-electron chi connectivity index (χ4n) is 2.62. The molecule has 0 aromatic heterocycles. The highest BCUT2D eigenvalue weighted by molar-refractivity contribution is 5.95. The Bertz CT molecular complexity index is 628. The zero-order valence-corrected chi connectivity index (χ0v) is 15.6. The summed E-state index contributed by atoms with van der Waals surface area (Å²) < 4.78 is 0. The van der Waals surface area contributed by atoms with Gasteiger partial charge in [-0.25, -0.2) is 0 Å². The van der Waals surface area contributed by atoms with Crippen molar-refractivity contribution < 1.29 is 4.79 Å². The first kappa shape index (κ1) is 20.0. The van der Waals surface area contributed by atoms with Gasteiger partial charge in [0.15, 0.2) is 0 Å². The Morgan fingerprint density at radius 2 is 1.42 bits per heavy atom. The van der Waals surface area contributed by atoms with Crippen molar-refractivity contribution in [1.82, 2.24) is 0 Å². The minimum Gasteiger partial charge on any atom is -0.376 e. The van der Waals surface area contributed by atoms with Gasteiger partial charge >= 0.3 is 0 Å². The lowest BCUT2D eigenvalue weighted by molar-refractivity contribution is -0.114. The second-order valence-electron chi connectivity index (χ2n) is 6.39. The number of hydrogen-bond donors (Lipinski definition) is 2. The Morgan fingerprint density at radius 1 is 0.875 bits per heavy atom. The Hall–Kier alpha value is -2.00. The highest BCUT2D eigenvalue weighted by Crippen LogP contribution is 2.32. The third kappa shape index (κ3) is 5.27. The number of para-hydroxylation sites is 2. The van der Waals surface area contributed by atoms with Gasteiger partial charge in [-0.05, 0) is 35.1 Å². The first-order valence-electron chi connectivity index (χ1n) is 8.20. The molecule has 0 fully saturated rings. The molecule has 0 bridgehead atoms. The van der Waals surface area contributed by atoms with Crippen LogP contribution in [0.3, 0.4) is 0 Å². The predicted octanol–water partition coefficient (Wildman–Crippen LogP) is 5.41. The largest absolute Gasteiger partial charge is 0.376 e. The third-order valence-corrected chi connectivity index (χ3v) is 3.86. The van der Waals surface area contributed by atoms with Crippen LogP contribution in [0.15, 0.2) is 48.5 Å². The van der Waals surface area contributed by atoms with Crippen LogP contribution in [0, 0.1) is 0 Å². The smallest absolute Gasteiger partial charge is 0.243 e. The molecular formula is C20H27ClN2O. The average molecular weight is 347 g/mol. The summed E-state index contributed by atoms with van der Waals surface area (Å²) in [6.45, 7) is 8.86. The number of carbonyl (C=O) groups is 1. The maximum Gasteiger partial charge on any atom is 0.243 e. The maximum absolute atomic E-state index is 12.4. The molecule has 2 N–H and O–H groups in total. The number of benzene rings is 2. The maximum atomic E-state index is 12.4. The number of amides is 1. The zero-order chi connectivity index (χ0) is 16.8. The van der Waals surface area contributed by atoms with E-state index in [1.807, 2.05) is 30.3 Å². The van der Waals surface area contributed by atoms with Crippen LogP contribution >= 0.6 is 12.4 Å². The van der Waals surface area contributed by atoms with E-state index in [1.165, 1.54) is 11.1 Å². The molecule has 0 saturated heterocycles. The number of anilines is 2. The van der Waals surface area contributed by atoms with Crippen molar-refractivity contribution >= 4 is 29.7 Å². The van der Waals surface area contributed by atoms with Gasteiger partial charge in [-0.3, -0.25) is 4.79 Å². The molecule has 0 aliphatic carbocycles. The van der Waals surface area contributed by atoms with Gasteiger partial charge in [0.05, 0.1) is 6.54 Å². The van der Waals surface area contributed by atoms with Crippen LogP contribution in [0.25, 0.3) is 0 Å². The van der Waals surface area contributed by atoms with Crippen molar-refractivity contribution in [3.8, 4) is 0 Å². The van der Waals surface area contributed by atoms with Crippen molar-refractivity contribution in [2.24, 2.45) is 0 Å². The number of hydrogen-bond acceptors (Lipinski definition) is 2. The molecule has 4 heteroatoms. The van der Waals surface area contributed by atoms with Crippen LogP contribution in [0.2, 0.25) is 0 Å². The van der Waals surface area contributed by atoms with Crippen LogP contribution in [0.5, 0.6) is 0 Å². The third-order valence-electron chi connectivity index (χ3n) is 3.86. The lowest BCUT2D eigenvalue weighted by Crippen LogP contribution is -2.23. The van der Waals surface area contributed by atoms with E-state index in [2.05, 4.69) is 56.5 Å². The van der Waals surface area contributed by atoms with Gasteiger partial charge in [0.25, 0.3) is 0 Å². The predicted molar refractivity (Wildman–Crippen MR) is 105 cm³/mol. The molecule has 0 saturated carbocycles. The normalized spacial score (nSPS) is 10.4. The van der Waals surface area contributed by atoms with E-state index >= 15 is 0 Å². The van der Waals surface area contributed by atoms with Gasteiger partial charge in [0.1, 0.15) is 0 Å². The summed E-state index contributed by atoms with van der Waals surface area (Å²) in [5.74, 6) is 0.709. The molecule has 1 amide bonds. The zero-order valence-electron chi connectivity index (χ0n) is 14.8. The van der Waals surface area contributed by atoms with E-state index in [1.54, 1.807) is 0 Å². The molecule has 0 aliphatic rings. The molecule has 2 rings (SSSR count). The summed E-state index contributed by atoms with van der Waals surface area (Å²) in [6.07, 6.45) is 0. The molecule has 0 radical (unpaired) electrons. The van der Waals surface area contributed by atoms with Crippen molar-refractivity contribution in [2.75, 3.05) is 17.2 Å². The van der Waals surface area contributed by atoms with Crippen molar-refractivity contribution in [3.05, 3.63) is 59.7 Å². The molecule has 0 heterocycles. The van der Waals surface area contributed by atoms with Crippen molar-refractivity contribution in [1.29, 1.82) is 0 Å². The van der Waals surface area contributed by atoms with Crippen LogP contribution < -0.4 is 10.6 Å². The van der Waals surface area contributed by atoms with Gasteiger partial charge in [0.2, 0.25) is 5.91 Å². The lowest BCUT2D eigenvalue weighted by atomic mass is 9.92. The number of carbonyl (C=O) groups excluding carboxylic acids is 1. The fourth-order valence-corrected chi connectivity index (χ4v) is 2.62. The summed E-state index contributed by atoms with van der Waals surface area (Å²) in [4.78, 5) is 12.4. The molecule has 2 aromatic carbocycles. The molecular weight excluding hydrogens is 320 g/mol. The molecule has 0 atom stereocenters. The molecule has 24 heavy (non-hydrogen) atoms. The van der Waals surface area contributed by atoms with Crippen LogP contribution in [-0.4, -0.2) is 12.5 Å². The molecule has 3 nitrogen and oxygen atoms in total. The van der Waals surface area contributed by atoms with Crippen molar-refractivity contribution in [3.63, 3.8) is 0 Å². The highest BCUT2D eigenvalue weighted by Gasteiger charge is 2.15. The Balaban J connectivity index is 0.00000288. The summed E-state index contributed by atoms with van der Waals surface area (Å²) >= 11 is 0. The van der Waals surface area contributed by atoms with Gasteiger partial charge in [-0.1, -0.05) is 64.1 Å². The van der Waals surface area contributed by atoms with Crippen LogP contribution in [-0.2, 0) is 4.79 Å². The quantitative estimate of drug-likeness (QED) is 0.734. The number of halogens is 1. The Kier molecular flexibility index (Phi) is 7.80. The second kappa shape index (κ2) is 9.33. The summed E-state index contributed by atoms with van der Waals surface area (Å²) in [7, 11) is 0. The summed E-state index contributed by atoms with van der Waals surface area (Å²) in [5, 5.41) is 6.26. The van der Waals surface area contributed by atoms with E-state index in [-0.39, 0.29) is 24.9 Å². The monoisotopic (exact) mass is 346 g/mol. The first-order chi connectivity index (χ1) is 11.0. The Morgan fingerprint density at radius 3 is 1.92 bits per heavy atom. The summed E-state index contributed by atoms with van der Waals surface area (Å²) in [6, 6.07) is 16.0. The van der Waals surface area contributed by atoms with Crippen LogP contribution in [0.1, 0.15) is 50.7 Å². The van der Waals surface area contributed by atoms with Gasteiger partial charge < -0.3 is 10.6 Å². The minimum absolute atomic E-state index is 0. The van der Waals surface area contributed by atoms with Gasteiger partial charge in [-0.2, -0.15) is 0 Å². The Labute approximate surface area is 151 Å². The van der Waals surface area contributed by atoms with E-state index in [0.29, 0.717) is 11.8 Å². The molecule has 0 aliphatic heterocycles. The molecule has 0 unspecified atom stereocenters. The van der Waals surface area contributed by atoms with E-state index in [9.17, 15) is 4.79 Å². The van der Waals surface area contributed by atoms with Crippen molar-refractivity contribution in [2.45, 2.75) is 39.5 Å². The first-order valence-corrected chi connectivity index (χ1v) is 8.20. The minimum atomic E-state index is -0.0242. The average Bonchev–Trinajstić information content (AvgIpc) is 2.53. The molecule has 2 aromatic rings. The van der Waals surface area contributed by atoms with Gasteiger partial charge in [-0.15, -0.1) is 12.4 Å². The van der Waals surface area contributed by atoms with E-state index in [0.717, 1.165) is 11.4 Å². The highest BCUT2D eigenvalue weighted by atomic mass is 35.5. The summed E-state index contributed by atoms with van der Waals surface area (Å²) in [5.41, 5.74) is 4.29. The molecule has 130 valence electrons. The SMILES string of the molecule is CC(C)c1cccc(C(C)C)c1NC(=O)CNc1ccccc1.Cl. The second-order valence-corrected chi connectivity index (χ2v) is 6.39.